The van der Waals surface area contributed by atoms with Gasteiger partial charge in [-0.15, -0.1) is 0 Å². The first kappa shape index (κ1) is 18.2. The van der Waals surface area contributed by atoms with Crippen LogP contribution in [0.4, 0.5) is 14.5 Å². The number of amides is 1. The van der Waals surface area contributed by atoms with Crippen molar-refractivity contribution in [3.8, 4) is 11.3 Å². The third-order valence-electron chi connectivity index (χ3n) is 6.18. The number of halogens is 2. The highest BCUT2D eigenvalue weighted by Crippen LogP contribution is 2.41. The number of nitrogens with zero attached hydrogens (tertiary/aromatic N) is 4. The topological polar surface area (TPSA) is 63.1 Å². The molecule has 5 rings (SSSR count). The lowest BCUT2D eigenvalue weighted by molar-refractivity contribution is -0.124. The number of rotatable bonds is 3. The fraction of sp³-hybridized carbons (Fsp3) is 0.381. The zero-order chi connectivity index (χ0) is 20.2. The van der Waals surface area contributed by atoms with Crippen LogP contribution in [0.3, 0.4) is 0 Å². The van der Waals surface area contributed by atoms with Gasteiger partial charge in [0, 0.05) is 43.0 Å². The highest BCUT2D eigenvalue weighted by atomic mass is 19.3. The number of fused-ring (bicyclic) bond motifs is 1. The quantitative estimate of drug-likeness (QED) is 0.737. The molecule has 4 heterocycles. The van der Waals surface area contributed by atoms with Crippen LogP contribution in [0, 0.1) is 5.41 Å². The van der Waals surface area contributed by atoms with Gasteiger partial charge in [-0.2, -0.15) is 5.10 Å². The molecule has 29 heavy (non-hydrogen) atoms. The average molecular weight is 397 g/mol. The lowest BCUT2D eigenvalue weighted by Gasteiger charge is -2.22. The minimum absolute atomic E-state index is 0.163. The molecule has 0 aliphatic carbocycles. The summed E-state index contributed by atoms with van der Waals surface area (Å²) >= 11 is 0. The number of pyridine rings is 1. The normalized spacial score (nSPS) is 21.9. The number of nitrogens with one attached hydrogen (secondary N) is 1. The number of alkyl halides is 2. The van der Waals surface area contributed by atoms with Crippen LogP contribution in [0.15, 0.2) is 36.5 Å². The van der Waals surface area contributed by atoms with Crippen molar-refractivity contribution in [3.63, 3.8) is 0 Å². The molecule has 3 aromatic rings. The summed E-state index contributed by atoms with van der Waals surface area (Å²) in [7, 11) is 1.82. The zero-order valence-electron chi connectivity index (χ0n) is 16.0. The highest BCUT2D eigenvalue weighted by Gasteiger charge is 2.48. The summed E-state index contributed by atoms with van der Waals surface area (Å²) in [5.41, 5.74) is 2.33. The maximum absolute atomic E-state index is 13.1. The van der Waals surface area contributed by atoms with E-state index >= 15 is 0 Å². The van der Waals surface area contributed by atoms with E-state index in [0.29, 0.717) is 17.8 Å². The van der Waals surface area contributed by atoms with Gasteiger partial charge in [0.1, 0.15) is 11.4 Å². The summed E-state index contributed by atoms with van der Waals surface area (Å²) in [5, 5.41) is 8.68. The Morgan fingerprint density at radius 1 is 1.21 bits per heavy atom. The Morgan fingerprint density at radius 2 is 2.07 bits per heavy atom. The molecule has 150 valence electrons. The molecule has 2 aliphatic heterocycles. The van der Waals surface area contributed by atoms with Crippen molar-refractivity contribution >= 4 is 22.5 Å². The van der Waals surface area contributed by atoms with E-state index in [1.54, 1.807) is 10.7 Å². The molecule has 0 unspecified atom stereocenters. The summed E-state index contributed by atoms with van der Waals surface area (Å²) in [5.74, 6) is 0.163. The number of hydrogen-bond acceptors (Lipinski definition) is 4. The van der Waals surface area contributed by atoms with Crippen LogP contribution in [-0.4, -0.2) is 40.3 Å². The first-order valence-corrected chi connectivity index (χ1v) is 9.72. The molecule has 2 saturated heterocycles. The molecule has 0 saturated carbocycles. The minimum atomic E-state index is -2.64. The lowest BCUT2D eigenvalue weighted by atomic mass is 9.86. The molecule has 1 spiro atoms. The number of aryl methyl sites for hydroxylation is 1. The first-order chi connectivity index (χ1) is 14.0. The zero-order valence-corrected chi connectivity index (χ0v) is 16.0. The van der Waals surface area contributed by atoms with Crippen molar-refractivity contribution in [2.24, 2.45) is 12.5 Å². The lowest BCUT2D eigenvalue weighted by Crippen LogP contribution is -2.36. The van der Waals surface area contributed by atoms with Crippen molar-refractivity contribution in [3.05, 3.63) is 42.2 Å². The second-order valence-electron chi connectivity index (χ2n) is 7.86. The van der Waals surface area contributed by atoms with Crippen LogP contribution in [0.1, 0.15) is 25.0 Å². The van der Waals surface area contributed by atoms with Gasteiger partial charge < -0.3 is 10.2 Å². The van der Waals surface area contributed by atoms with Crippen LogP contribution in [0.2, 0.25) is 0 Å². The Morgan fingerprint density at radius 3 is 2.83 bits per heavy atom. The predicted octanol–water partition coefficient (Wildman–Crippen LogP) is 3.29. The number of aromatic nitrogens is 3. The van der Waals surface area contributed by atoms with Crippen molar-refractivity contribution in [1.82, 2.24) is 20.1 Å². The van der Waals surface area contributed by atoms with Crippen LogP contribution in [0.5, 0.6) is 0 Å². The number of benzene rings is 1. The number of carbonyl (C=O) groups is 1. The molecule has 1 atom stereocenters. The van der Waals surface area contributed by atoms with Crippen LogP contribution < -0.4 is 10.2 Å². The van der Waals surface area contributed by atoms with Gasteiger partial charge in [-0.1, -0.05) is 0 Å². The number of carbonyl (C=O) groups excluding carboxylic acids is 1. The van der Waals surface area contributed by atoms with Gasteiger partial charge in [0.25, 0.3) is 6.43 Å². The smallest absolute Gasteiger partial charge is 0.280 e. The standard InChI is InChI=1S/C21H21F2N5O/c1-27-17-3-2-14(28-9-6-21(20(28)29)5-8-24-12-21)11-15(17)18(26-27)13-4-7-25-16(10-13)19(22)23/h2-4,7,10-11,19,24H,5-6,8-9,12H2,1H3/t21-/m0/s1. The largest absolute Gasteiger partial charge is 0.316 e. The molecule has 0 bridgehead atoms. The van der Waals surface area contributed by atoms with Gasteiger partial charge in [0.15, 0.2) is 0 Å². The number of anilines is 1. The molecule has 2 aliphatic rings. The summed E-state index contributed by atoms with van der Waals surface area (Å²) in [6.45, 7) is 2.29. The van der Waals surface area contributed by atoms with Gasteiger partial charge >= 0.3 is 0 Å². The molecule has 8 heteroatoms. The van der Waals surface area contributed by atoms with E-state index in [0.717, 1.165) is 42.5 Å². The van der Waals surface area contributed by atoms with Crippen molar-refractivity contribution in [2.45, 2.75) is 19.3 Å². The highest BCUT2D eigenvalue weighted by molar-refractivity contribution is 6.03. The Kier molecular flexibility index (Phi) is 4.13. The monoisotopic (exact) mass is 397 g/mol. The molecule has 1 N–H and O–H groups in total. The molecule has 1 aromatic carbocycles. The van der Waals surface area contributed by atoms with E-state index in [1.165, 1.54) is 12.3 Å². The molecule has 1 amide bonds. The SMILES string of the molecule is Cn1nc(-c2ccnc(C(F)F)c2)c2cc(N3CC[C@]4(CCNC4)C3=O)ccc21. The average Bonchev–Trinajstić information content (AvgIpc) is 3.42. The molecule has 6 nitrogen and oxygen atoms in total. The van der Waals surface area contributed by atoms with E-state index in [4.69, 9.17) is 0 Å². The van der Waals surface area contributed by atoms with Gasteiger partial charge in [0.05, 0.1) is 10.9 Å². The number of hydrogen-bond donors (Lipinski definition) is 1. The summed E-state index contributed by atoms with van der Waals surface area (Å²) < 4.78 is 27.9. The summed E-state index contributed by atoms with van der Waals surface area (Å²) in [6.07, 6.45) is 0.454. The first-order valence-electron chi connectivity index (χ1n) is 9.72. The van der Waals surface area contributed by atoms with E-state index in [9.17, 15) is 13.6 Å². The van der Waals surface area contributed by atoms with E-state index in [1.807, 2.05) is 30.1 Å². The molecule has 2 aromatic heterocycles. The van der Waals surface area contributed by atoms with E-state index < -0.39 is 6.43 Å². The maximum atomic E-state index is 13.1. The van der Waals surface area contributed by atoms with E-state index in [-0.39, 0.29) is 17.0 Å². The van der Waals surface area contributed by atoms with Crippen molar-refractivity contribution < 1.29 is 13.6 Å². The van der Waals surface area contributed by atoms with Gasteiger partial charge in [-0.25, -0.2) is 8.78 Å². The van der Waals surface area contributed by atoms with Crippen LogP contribution in [0.25, 0.3) is 22.2 Å². The Bertz CT molecular complexity index is 1100. The molecular weight excluding hydrogens is 376 g/mol. The molecule has 0 radical (unpaired) electrons. The van der Waals surface area contributed by atoms with Crippen LogP contribution >= 0.6 is 0 Å². The fourth-order valence-electron chi connectivity index (χ4n) is 4.56. The van der Waals surface area contributed by atoms with Gasteiger partial charge in [0.2, 0.25) is 5.91 Å². The maximum Gasteiger partial charge on any atom is 0.280 e. The Hall–Kier alpha value is -2.87. The predicted molar refractivity (Wildman–Crippen MR) is 106 cm³/mol. The van der Waals surface area contributed by atoms with E-state index in [2.05, 4.69) is 15.4 Å². The van der Waals surface area contributed by atoms with Gasteiger partial charge in [-0.3, -0.25) is 14.5 Å². The second kappa shape index (κ2) is 6.59. The molecule has 2 fully saturated rings. The van der Waals surface area contributed by atoms with Gasteiger partial charge in [-0.05, 0) is 49.7 Å². The van der Waals surface area contributed by atoms with Crippen LogP contribution in [-0.2, 0) is 11.8 Å². The third kappa shape index (κ3) is 2.81. The molecular formula is C21H21F2N5O. The third-order valence-corrected chi connectivity index (χ3v) is 6.18. The van der Waals surface area contributed by atoms with Crippen molar-refractivity contribution in [1.29, 1.82) is 0 Å². The Labute approximate surface area is 166 Å². The summed E-state index contributed by atoms with van der Waals surface area (Å²) in [6, 6.07) is 8.87. The fourth-order valence-corrected chi connectivity index (χ4v) is 4.56. The van der Waals surface area contributed by atoms with Crippen molar-refractivity contribution in [2.75, 3.05) is 24.5 Å². The minimum Gasteiger partial charge on any atom is -0.316 e. The second-order valence-corrected chi connectivity index (χ2v) is 7.86. The summed E-state index contributed by atoms with van der Waals surface area (Å²) in [4.78, 5) is 18.7. The Balaban J connectivity index is 1.58.